The highest BCUT2D eigenvalue weighted by Crippen LogP contribution is 2.23. The number of aromatic nitrogens is 2. The Balaban J connectivity index is 1.70. The molecule has 0 aliphatic rings. The lowest BCUT2D eigenvalue weighted by Crippen LogP contribution is -2.30. The van der Waals surface area contributed by atoms with Gasteiger partial charge in [0.2, 0.25) is 0 Å². The molecule has 5 nitrogen and oxygen atoms in total. The van der Waals surface area contributed by atoms with E-state index in [9.17, 15) is 9.59 Å². The number of nitrogens with zero attached hydrogens (tertiary/aromatic N) is 2. The summed E-state index contributed by atoms with van der Waals surface area (Å²) in [6.07, 6.45) is 0.737. The first kappa shape index (κ1) is 23.8. The number of aryl methyl sites for hydroxylation is 2. The molecule has 0 aliphatic heterocycles. The lowest BCUT2D eigenvalue weighted by atomic mass is 10.1. The van der Waals surface area contributed by atoms with Crippen LogP contribution in [-0.4, -0.2) is 21.5 Å². The van der Waals surface area contributed by atoms with E-state index in [1.165, 1.54) is 16.7 Å². The van der Waals surface area contributed by atoms with Gasteiger partial charge in [-0.25, -0.2) is 4.98 Å². The molecule has 0 aliphatic carbocycles. The topological polar surface area (TPSA) is 64.0 Å². The molecule has 0 bridgehead atoms. The fraction of sp³-hybridized carbons (Fsp3) is 0.250. The number of rotatable bonds is 8. The summed E-state index contributed by atoms with van der Waals surface area (Å²) in [5.41, 5.74) is 4.52. The monoisotopic (exact) mass is 471 g/mol. The first-order chi connectivity index (χ1) is 16.4. The van der Waals surface area contributed by atoms with E-state index in [-0.39, 0.29) is 17.5 Å². The van der Waals surface area contributed by atoms with Gasteiger partial charge < -0.3 is 5.32 Å². The van der Waals surface area contributed by atoms with Gasteiger partial charge in [-0.1, -0.05) is 71.9 Å². The highest BCUT2D eigenvalue weighted by Gasteiger charge is 2.15. The van der Waals surface area contributed by atoms with Crippen LogP contribution >= 0.6 is 11.8 Å². The van der Waals surface area contributed by atoms with E-state index in [2.05, 4.69) is 48.6 Å². The van der Waals surface area contributed by atoms with Crippen molar-refractivity contribution in [3.63, 3.8) is 0 Å². The second-order valence-corrected chi connectivity index (χ2v) is 9.66. The number of thioether (sulfide) groups is 1. The van der Waals surface area contributed by atoms with Gasteiger partial charge in [0.25, 0.3) is 11.5 Å². The van der Waals surface area contributed by atoms with Crippen molar-refractivity contribution in [2.45, 2.75) is 50.7 Å². The Morgan fingerprint density at radius 3 is 2.44 bits per heavy atom. The van der Waals surface area contributed by atoms with Crippen LogP contribution in [0.1, 0.15) is 40.9 Å². The second-order valence-electron chi connectivity index (χ2n) is 8.72. The van der Waals surface area contributed by atoms with Crippen molar-refractivity contribution in [2.24, 2.45) is 0 Å². The van der Waals surface area contributed by atoms with E-state index in [0.29, 0.717) is 33.9 Å². The molecule has 3 aromatic carbocycles. The summed E-state index contributed by atoms with van der Waals surface area (Å²) in [4.78, 5) is 30.8. The van der Waals surface area contributed by atoms with Gasteiger partial charge in [-0.15, -0.1) is 0 Å². The molecule has 1 N–H and O–H groups in total. The molecule has 174 valence electrons. The second kappa shape index (κ2) is 10.7. The maximum atomic E-state index is 13.5. The van der Waals surface area contributed by atoms with Crippen molar-refractivity contribution < 1.29 is 4.79 Å². The number of hydrogen-bond donors (Lipinski definition) is 1. The Kier molecular flexibility index (Phi) is 7.48. The van der Waals surface area contributed by atoms with Crippen LogP contribution in [0.5, 0.6) is 0 Å². The lowest BCUT2D eigenvalue weighted by Gasteiger charge is -2.14. The first-order valence-corrected chi connectivity index (χ1v) is 12.5. The van der Waals surface area contributed by atoms with E-state index < -0.39 is 0 Å². The van der Waals surface area contributed by atoms with E-state index in [1.807, 2.05) is 32.0 Å². The Morgan fingerprint density at radius 1 is 1.00 bits per heavy atom. The SMILES string of the molecule is Cc1ccc(CSc2nc3cc(C(=O)NC(C)C)ccc3c(=O)n2CCc2ccccc2)cc1. The van der Waals surface area contributed by atoms with Gasteiger partial charge in [0.05, 0.1) is 10.9 Å². The van der Waals surface area contributed by atoms with Crippen LogP contribution in [0, 0.1) is 6.92 Å². The maximum absolute atomic E-state index is 13.5. The van der Waals surface area contributed by atoms with Gasteiger partial charge in [-0.2, -0.15) is 0 Å². The average Bonchev–Trinajstić information content (AvgIpc) is 2.83. The molecule has 4 rings (SSSR count). The zero-order chi connectivity index (χ0) is 24.1. The quantitative estimate of drug-likeness (QED) is 0.277. The van der Waals surface area contributed by atoms with Gasteiger partial charge in [-0.05, 0) is 56.5 Å². The number of carbonyl (C=O) groups excluding carboxylic acids is 1. The molecule has 0 radical (unpaired) electrons. The predicted octanol–water partition coefficient (Wildman–Crippen LogP) is 5.38. The van der Waals surface area contributed by atoms with Crippen molar-refractivity contribution in [1.29, 1.82) is 0 Å². The Bertz CT molecular complexity index is 1350. The summed E-state index contributed by atoms with van der Waals surface area (Å²) in [6.45, 7) is 6.44. The molecule has 6 heteroatoms. The van der Waals surface area contributed by atoms with Gasteiger partial charge in [0, 0.05) is 23.9 Å². The van der Waals surface area contributed by atoms with E-state index >= 15 is 0 Å². The van der Waals surface area contributed by atoms with Crippen molar-refractivity contribution >= 4 is 28.6 Å². The number of hydrogen-bond acceptors (Lipinski definition) is 4. The molecule has 0 spiro atoms. The van der Waals surface area contributed by atoms with Crippen LogP contribution < -0.4 is 10.9 Å². The summed E-state index contributed by atoms with van der Waals surface area (Å²) < 4.78 is 1.77. The third-order valence-electron chi connectivity index (χ3n) is 5.56. The third kappa shape index (κ3) is 5.75. The number of amides is 1. The van der Waals surface area contributed by atoms with Crippen LogP contribution in [0.3, 0.4) is 0 Å². The Hall–Kier alpha value is -3.38. The summed E-state index contributed by atoms with van der Waals surface area (Å²) in [6, 6.07) is 23.7. The maximum Gasteiger partial charge on any atom is 0.262 e. The fourth-order valence-electron chi connectivity index (χ4n) is 3.71. The van der Waals surface area contributed by atoms with Crippen LogP contribution in [0.2, 0.25) is 0 Å². The van der Waals surface area contributed by atoms with E-state index in [4.69, 9.17) is 4.98 Å². The van der Waals surface area contributed by atoms with Gasteiger partial charge in [0.15, 0.2) is 5.16 Å². The van der Waals surface area contributed by atoms with Crippen molar-refractivity contribution in [2.75, 3.05) is 0 Å². The zero-order valence-corrected chi connectivity index (χ0v) is 20.6. The fourth-order valence-corrected chi connectivity index (χ4v) is 4.69. The predicted molar refractivity (Wildman–Crippen MR) is 139 cm³/mol. The smallest absolute Gasteiger partial charge is 0.262 e. The summed E-state index contributed by atoms with van der Waals surface area (Å²) in [7, 11) is 0. The number of fused-ring (bicyclic) bond motifs is 1. The molecule has 0 atom stereocenters. The number of nitrogens with one attached hydrogen (secondary N) is 1. The standard InChI is InChI=1S/C28H29N3O2S/c1-19(2)29-26(32)23-13-14-24-25(17-23)30-28(34-18-22-11-9-20(3)10-12-22)31(27(24)33)16-15-21-7-5-4-6-8-21/h4-14,17,19H,15-16,18H2,1-3H3,(H,29,32). The molecule has 34 heavy (non-hydrogen) atoms. The third-order valence-corrected chi connectivity index (χ3v) is 6.61. The van der Waals surface area contributed by atoms with E-state index in [1.54, 1.807) is 34.5 Å². The van der Waals surface area contributed by atoms with Crippen molar-refractivity contribution in [3.05, 3.63) is 105 Å². The van der Waals surface area contributed by atoms with E-state index in [0.717, 1.165) is 6.42 Å². The summed E-state index contributed by atoms with van der Waals surface area (Å²) in [5, 5.41) is 4.08. The summed E-state index contributed by atoms with van der Waals surface area (Å²) in [5.74, 6) is 0.540. The molecule has 0 saturated carbocycles. The highest BCUT2D eigenvalue weighted by molar-refractivity contribution is 7.98. The molecular weight excluding hydrogens is 442 g/mol. The minimum Gasteiger partial charge on any atom is -0.350 e. The van der Waals surface area contributed by atoms with Gasteiger partial charge in [0.1, 0.15) is 0 Å². The lowest BCUT2D eigenvalue weighted by molar-refractivity contribution is 0.0943. The molecule has 4 aromatic rings. The van der Waals surface area contributed by atoms with Crippen molar-refractivity contribution in [1.82, 2.24) is 14.9 Å². The minimum atomic E-state index is -0.166. The van der Waals surface area contributed by atoms with Crippen LogP contribution in [0.15, 0.2) is 82.7 Å². The average molecular weight is 472 g/mol. The van der Waals surface area contributed by atoms with Crippen LogP contribution in [0.4, 0.5) is 0 Å². The highest BCUT2D eigenvalue weighted by atomic mass is 32.2. The first-order valence-electron chi connectivity index (χ1n) is 11.5. The van der Waals surface area contributed by atoms with Crippen LogP contribution in [0.25, 0.3) is 10.9 Å². The van der Waals surface area contributed by atoms with Crippen molar-refractivity contribution in [3.8, 4) is 0 Å². The molecule has 0 unspecified atom stereocenters. The zero-order valence-electron chi connectivity index (χ0n) is 19.7. The van der Waals surface area contributed by atoms with Gasteiger partial charge in [-0.3, -0.25) is 14.2 Å². The number of carbonyl (C=O) groups is 1. The molecule has 0 fully saturated rings. The molecular formula is C28H29N3O2S. The normalized spacial score (nSPS) is 11.2. The Labute approximate surface area is 204 Å². The molecule has 1 heterocycles. The van der Waals surface area contributed by atoms with Gasteiger partial charge >= 0.3 is 0 Å². The molecule has 1 aromatic heterocycles. The number of benzene rings is 3. The largest absolute Gasteiger partial charge is 0.350 e. The van der Waals surface area contributed by atoms with Crippen LogP contribution in [-0.2, 0) is 18.7 Å². The molecule has 1 amide bonds. The Morgan fingerprint density at radius 2 is 1.74 bits per heavy atom. The molecule has 0 saturated heterocycles. The summed E-state index contributed by atoms with van der Waals surface area (Å²) >= 11 is 1.55. The minimum absolute atomic E-state index is 0.0303.